The van der Waals surface area contributed by atoms with Gasteiger partial charge in [0.2, 0.25) is 6.17 Å². The average Bonchev–Trinajstić information content (AvgIpc) is 2.35. The van der Waals surface area contributed by atoms with E-state index in [1.54, 1.807) is 12.1 Å². The molecule has 0 spiro atoms. The number of quaternary nitrogens is 1. The molecule has 0 saturated heterocycles. The van der Waals surface area contributed by atoms with Gasteiger partial charge in [-0.3, -0.25) is 10.1 Å². The second kappa shape index (κ2) is 7.39. The Hall–Kier alpha value is -0.480. The molecule has 0 bridgehead atoms. The molecule has 3 nitrogen and oxygen atoms in total. The monoisotopic (exact) mass is 365 g/mol. The molecule has 1 atom stereocenters. The number of benzene rings is 1. The summed E-state index contributed by atoms with van der Waals surface area (Å²) >= 11 is 17.8. The van der Waals surface area contributed by atoms with Crippen molar-refractivity contribution in [2.75, 3.05) is 0 Å². The van der Waals surface area contributed by atoms with E-state index in [4.69, 9.17) is 34.8 Å². The van der Waals surface area contributed by atoms with E-state index in [1.807, 2.05) is 31.3 Å². The molecule has 3 N–H and O–H groups in total. The zero-order chi connectivity index (χ0) is 17.1. The van der Waals surface area contributed by atoms with Crippen molar-refractivity contribution < 1.29 is 10.1 Å². The van der Waals surface area contributed by atoms with Crippen LogP contribution in [0.3, 0.4) is 0 Å². The maximum absolute atomic E-state index is 12.3. The Balaban J connectivity index is 2.86. The lowest BCUT2D eigenvalue weighted by Gasteiger charge is -2.25. The molecule has 0 saturated carbocycles. The summed E-state index contributed by atoms with van der Waals surface area (Å²) in [5.41, 5.74) is 1.75. The summed E-state index contributed by atoms with van der Waals surface area (Å²) in [7, 11) is 0. The van der Waals surface area contributed by atoms with E-state index in [9.17, 15) is 4.79 Å². The summed E-state index contributed by atoms with van der Waals surface area (Å²) < 4.78 is -1.58. The number of amides is 1. The lowest BCUT2D eigenvalue weighted by atomic mass is 9.87. The van der Waals surface area contributed by atoms with Crippen LogP contribution in [0.1, 0.15) is 50.5 Å². The van der Waals surface area contributed by atoms with Crippen LogP contribution >= 0.6 is 34.8 Å². The number of hydrogen-bond donors (Lipinski definition) is 2. The van der Waals surface area contributed by atoms with Gasteiger partial charge in [-0.1, -0.05) is 67.7 Å². The predicted molar refractivity (Wildman–Crippen MR) is 93.7 cm³/mol. The molecule has 0 aliphatic carbocycles. The summed E-state index contributed by atoms with van der Waals surface area (Å²) in [6.07, 6.45) is -0.646. The normalized spacial score (nSPS) is 14.0. The number of nitrogens with two attached hydrogens (primary N) is 1. The van der Waals surface area contributed by atoms with E-state index in [1.165, 1.54) is 0 Å². The molecule has 0 unspecified atom stereocenters. The topological polar surface area (TPSA) is 45.7 Å². The lowest BCUT2D eigenvalue weighted by molar-refractivity contribution is -0.717. The van der Waals surface area contributed by atoms with Crippen molar-refractivity contribution in [3.05, 3.63) is 35.4 Å². The first kappa shape index (κ1) is 19.6. The molecule has 1 amide bonds. The highest BCUT2D eigenvalue weighted by Crippen LogP contribution is 2.28. The van der Waals surface area contributed by atoms with Crippen molar-refractivity contribution >= 4 is 40.7 Å². The fourth-order valence-electron chi connectivity index (χ4n) is 1.97. The van der Waals surface area contributed by atoms with Crippen molar-refractivity contribution in [3.8, 4) is 0 Å². The Kier molecular flexibility index (Phi) is 6.58. The summed E-state index contributed by atoms with van der Waals surface area (Å²) in [6.45, 7) is 10.3. The van der Waals surface area contributed by atoms with Crippen LogP contribution in [0.5, 0.6) is 0 Å². The molecular formula is C16H24Cl3N2O+. The number of carbonyl (C=O) groups excluding carboxylic acids is 1. The van der Waals surface area contributed by atoms with E-state index in [-0.39, 0.29) is 17.4 Å². The molecule has 22 heavy (non-hydrogen) atoms. The van der Waals surface area contributed by atoms with Gasteiger partial charge in [0.15, 0.2) is 0 Å². The number of halogens is 3. The zero-order valence-corrected chi connectivity index (χ0v) is 15.9. The lowest BCUT2D eigenvalue weighted by Crippen LogP contribution is -2.99. The number of rotatable bonds is 4. The molecule has 0 aliphatic heterocycles. The van der Waals surface area contributed by atoms with Crippen LogP contribution < -0.4 is 10.6 Å². The van der Waals surface area contributed by atoms with Crippen molar-refractivity contribution in [2.45, 2.75) is 56.0 Å². The number of alkyl halides is 3. The van der Waals surface area contributed by atoms with E-state index >= 15 is 0 Å². The minimum Gasteiger partial charge on any atom is -0.321 e. The van der Waals surface area contributed by atoms with Gasteiger partial charge in [0.05, 0.1) is 6.04 Å². The van der Waals surface area contributed by atoms with Gasteiger partial charge in [-0.15, -0.1) is 0 Å². The average molecular weight is 367 g/mol. The highest BCUT2D eigenvalue weighted by atomic mass is 35.6. The van der Waals surface area contributed by atoms with E-state index in [0.29, 0.717) is 5.56 Å². The zero-order valence-electron chi connectivity index (χ0n) is 13.6. The second-order valence-corrected chi connectivity index (χ2v) is 9.13. The molecule has 0 heterocycles. The minimum atomic E-state index is -1.58. The van der Waals surface area contributed by atoms with Crippen molar-refractivity contribution in [2.24, 2.45) is 0 Å². The number of carbonyl (C=O) groups is 1. The number of nitrogens with one attached hydrogen (secondary N) is 1. The molecule has 1 aromatic carbocycles. The van der Waals surface area contributed by atoms with E-state index < -0.39 is 9.96 Å². The SMILES string of the molecule is CC(C)[NH2+][C@H](NC(=O)c1ccc(C(C)(C)C)cc1)C(Cl)(Cl)Cl. The van der Waals surface area contributed by atoms with Crippen molar-refractivity contribution in [3.63, 3.8) is 0 Å². The molecule has 0 aliphatic rings. The summed E-state index contributed by atoms with van der Waals surface area (Å²) in [4.78, 5) is 12.3. The van der Waals surface area contributed by atoms with Crippen LogP contribution in [0, 0.1) is 0 Å². The van der Waals surface area contributed by atoms with Gasteiger partial charge in [0.1, 0.15) is 0 Å². The molecule has 1 aromatic rings. The maximum Gasteiger partial charge on any atom is 0.262 e. The first-order chi connectivity index (χ1) is 9.91. The Morgan fingerprint density at radius 3 is 1.95 bits per heavy atom. The van der Waals surface area contributed by atoms with Gasteiger partial charge in [-0.25, -0.2) is 0 Å². The minimum absolute atomic E-state index is 0.0422. The first-order valence-electron chi connectivity index (χ1n) is 7.24. The predicted octanol–water partition coefficient (Wildman–Crippen LogP) is 3.38. The molecule has 0 aromatic heterocycles. The van der Waals surface area contributed by atoms with Gasteiger partial charge in [0, 0.05) is 5.56 Å². The molecule has 124 valence electrons. The van der Waals surface area contributed by atoms with Crippen molar-refractivity contribution in [1.29, 1.82) is 0 Å². The van der Waals surface area contributed by atoms with Crippen LogP contribution in [-0.2, 0) is 5.41 Å². The molecule has 1 rings (SSSR count). The third-order valence-corrected chi connectivity index (χ3v) is 3.93. The van der Waals surface area contributed by atoms with Crippen LogP contribution in [0.15, 0.2) is 24.3 Å². The van der Waals surface area contributed by atoms with Crippen LogP contribution in [0.2, 0.25) is 0 Å². The fraction of sp³-hybridized carbons (Fsp3) is 0.562. The molecular weight excluding hydrogens is 343 g/mol. The Bertz CT molecular complexity index is 502. The highest BCUT2D eigenvalue weighted by Gasteiger charge is 2.38. The highest BCUT2D eigenvalue weighted by molar-refractivity contribution is 6.68. The van der Waals surface area contributed by atoms with Gasteiger partial charge in [-0.2, -0.15) is 0 Å². The Morgan fingerprint density at radius 2 is 1.59 bits per heavy atom. The molecule has 6 heteroatoms. The largest absolute Gasteiger partial charge is 0.321 e. The van der Waals surface area contributed by atoms with Gasteiger partial charge >= 0.3 is 0 Å². The van der Waals surface area contributed by atoms with Crippen LogP contribution in [-0.4, -0.2) is 21.9 Å². The third kappa shape index (κ3) is 5.96. The summed E-state index contributed by atoms with van der Waals surface area (Å²) in [6, 6.07) is 7.67. The second-order valence-electron chi connectivity index (χ2n) is 6.76. The molecule has 0 fully saturated rings. The third-order valence-electron chi connectivity index (χ3n) is 3.23. The van der Waals surface area contributed by atoms with E-state index in [2.05, 4.69) is 26.1 Å². The number of hydrogen-bond acceptors (Lipinski definition) is 1. The van der Waals surface area contributed by atoms with Crippen LogP contribution in [0.4, 0.5) is 0 Å². The van der Waals surface area contributed by atoms with Crippen molar-refractivity contribution in [1.82, 2.24) is 5.32 Å². The Morgan fingerprint density at radius 1 is 1.09 bits per heavy atom. The molecule has 0 radical (unpaired) electrons. The first-order valence-corrected chi connectivity index (χ1v) is 8.38. The van der Waals surface area contributed by atoms with Crippen LogP contribution in [0.25, 0.3) is 0 Å². The Labute approximate surface area is 147 Å². The van der Waals surface area contributed by atoms with Gasteiger partial charge in [0.25, 0.3) is 9.70 Å². The smallest absolute Gasteiger partial charge is 0.262 e. The summed E-state index contributed by atoms with van der Waals surface area (Å²) in [5.74, 6) is -0.256. The maximum atomic E-state index is 12.3. The standard InChI is InChI=1S/C16H23Cl3N2O/c1-10(2)20-14(16(17,18)19)21-13(22)11-6-8-12(9-7-11)15(3,4)5/h6-10,14,20H,1-5H3,(H,21,22)/p+1/t14-/m1/s1. The summed E-state index contributed by atoms with van der Waals surface area (Å²) in [5, 5.41) is 4.59. The van der Waals surface area contributed by atoms with Gasteiger partial charge in [-0.05, 0) is 37.0 Å². The van der Waals surface area contributed by atoms with Gasteiger partial charge < -0.3 is 5.32 Å². The van der Waals surface area contributed by atoms with E-state index in [0.717, 1.165) is 5.56 Å². The fourth-order valence-corrected chi connectivity index (χ4v) is 2.35. The quantitative estimate of drug-likeness (QED) is 0.623.